The van der Waals surface area contributed by atoms with Gasteiger partial charge in [0.25, 0.3) is 0 Å². The van der Waals surface area contributed by atoms with Gasteiger partial charge in [0.15, 0.2) is 11.6 Å². The molecule has 2 saturated heterocycles. The molecule has 0 saturated carbocycles. The van der Waals surface area contributed by atoms with Crippen molar-refractivity contribution in [2.45, 2.75) is 18.1 Å². The highest BCUT2D eigenvalue weighted by Gasteiger charge is 2.53. The molecule has 0 unspecified atom stereocenters. The van der Waals surface area contributed by atoms with Gasteiger partial charge in [-0.05, 0) is 12.0 Å². The maximum atomic E-state index is 13.4. The Labute approximate surface area is 150 Å². The molecule has 7 nitrogen and oxygen atoms in total. The first-order chi connectivity index (χ1) is 12.5. The van der Waals surface area contributed by atoms with E-state index in [1.165, 1.54) is 0 Å². The Morgan fingerprint density at radius 1 is 1.35 bits per heavy atom. The molecule has 4 rings (SSSR count). The fourth-order valence-corrected chi connectivity index (χ4v) is 3.93. The predicted molar refractivity (Wildman–Crippen MR) is 93.9 cm³/mol. The first kappa shape index (κ1) is 16.7. The number of carbonyl (C=O) groups excluding carboxylic acids is 1. The van der Waals surface area contributed by atoms with E-state index >= 15 is 0 Å². The van der Waals surface area contributed by atoms with Crippen LogP contribution >= 0.6 is 0 Å². The van der Waals surface area contributed by atoms with Crippen LogP contribution in [0.5, 0.6) is 0 Å². The summed E-state index contributed by atoms with van der Waals surface area (Å²) in [6.07, 6.45) is 1.47. The lowest BCUT2D eigenvalue weighted by Gasteiger charge is -2.54. The molecule has 0 spiro atoms. The van der Waals surface area contributed by atoms with Crippen molar-refractivity contribution in [3.63, 3.8) is 0 Å². The fraction of sp³-hybridized carbons (Fsp3) is 0.389. The number of amides is 1. The molecule has 1 amide bonds. The highest BCUT2D eigenvalue weighted by molar-refractivity contribution is 5.79. The van der Waals surface area contributed by atoms with Crippen LogP contribution < -0.4 is 10.6 Å². The van der Waals surface area contributed by atoms with Crippen LogP contribution in [-0.4, -0.2) is 53.6 Å². The van der Waals surface area contributed by atoms with E-state index in [0.29, 0.717) is 25.5 Å². The number of carbonyl (C=O) groups is 1. The number of morpholine rings is 1. The second-order valence-corrected chi connectivity index (χ2v) is 6.64. The molecule has 2 atom stereocenters. The second-order valence-electron chi connectivity index (χ2n) is 6.64. The van der Waals surface area contributed by atoms with Gasteiger partial charge in [-0.3, -0.25) is 4.79 Å². The molecule has 26 heavy (non-hydrogen) atoms. The Balaban J connectivity index is 1.69. The molecule has 3 heterocycles. The summed E-state index contributed by atoms with van der Waals surface area (Å²) in [4.78, 5) is 24.2. The maximum Gasteiger partial charge on any atom is 0.249 e. The van der Waals surface area contributed by atoms with E-state index in [2.05, 4.69) is 9.97 Å². The highest BCUT2D eigenvalue weighted by atomic mass is 19.1. The van der Waals surface area contributed by atoms with Crippen LogP contribution in [0.2, 0.25) is 0 Å². The Hall–Kier alpha value is -2.74. The van der Waals surface area contributed by atoms with Gasteiger partial charge in [-0.25, -0.2) is 9.37 Å². The van der Waals surface area contributed by atoms with Gasteiger partial charge in [0.05, 0.1) is 11.7 Å². The molecular formula is C18H20FN5O2. The number of nitrogens with zero attached hydrogens (tertiary/aromatic N) is 4. The molecule has 1 aromatic heterocycles. The lowest BCUT2D eigenvalue weighted by atomic mass is 9.76. The smallest absolute Gasteiger partial charge is 0.249 e. The largest absolute Gasteiger partial charge is 0.381 e. The molecule has 0 radical (unpaired) electrons. The molecule has 0 bridgehead atoms. The number of benzene rings is 1. The second kappa shape index (κ2) is 6.21. The number of anilines is 2. The van der Waals surface area contributed by atoms with Gasteiger partial charge >= 0.3 is 0 Å². The van der Waals surface area contributed by atoms with Gasteiger partial charge in [-0.15, -0.1) is 0 Å². The van der Waals surface area contributed by atoms with E-state index in [-0.39, 0.29) is 24.4 Å². The summed E-state index contributed by atoms with van der Waals surface area (Å²) in [5.41, 5.74) is 6.08. The summed E-state index contributed by atoms with van der Waals surface area (Å²) in [6, 6.07) is 9.92. The van der Waals surface area contributed by atoms with E-state index in [1.54, 1.807) is 4.90 Å². The Morgan fingerprint density at radius 3 is 2.85 bits per heavy atom. The van der Waals surface area contributed by atoms with Crippen molar-refractivity contribution < 1.29 is 13.9 Å². The lowest BCUT2D eigenvalue weighted by Crippen LogP contribution is -2.67. The van der Waals surface area contributed by atoms with Crippen LogP contribution in [0.4, 0.5) is 16.2 Å². The predicted octanol–water partition coefficient (Wildman–Crippen LogP) is 1.16. The molecule has 2 aliphatic heterocycles. The number of halogens is 1. The topological polar surface area (TPSA) is 84.6 Å². The van der Waals surface area contributed by atoms with Gasteiger partial charge < -0.3 is 20.3 Å². The SMILES string of the molecule is CN1C(=O)CO[C@@H]2CN(c3ncc(F)c(N)n3)CC[C@]21c1ccccc1. The number of piperidine rings is 1. The summed E-state index contributed by atoms with van der Waals surface area (Å²) in [5, 5.41) is 0. The highest BCUT2D eigenvalue weighted by Crippen LogP contribution is 2.42. The summed E-state index contributed by atoms with van der Waals surface area (Å²) >= 11 is 0. The zero-order chi connectivity index (χ0) is 18.3. The normalized spacial score (nSPS) is 25.9. The van der Waals surface area contributed by atoms with Crippen molar-refractivity contribution in [2.24, 2.45) is 0 Å². The summed E-state index contributed by atoms with van der Waals surface area (Å²) in [7, 11) is 1.83. The monoisotopic (exact) mass is 357 g/mol. The zero-order valence-corrected chi connectivity index (χ0v) is 14.4. The number of hydrogen-bond donors (Lipinski definition) is 1. The van der Waals surface area contributed by atoms with Gasteiger partial charge in [0, 0.05) is 20.1 Å². The van der Waals surface area contributed by atoms with E-state index in [9.17, 15) is 9.18 Å². The lowest BCUT2D eigenvalue weighted by molar-refractivity contribution is -0.173. The molecule has 2 fully saturated rings. The molecule has 0 aliphatic carbocycles. The summed E-state index contributed by atoms with van der Waals surface area (Å²) in [6.45, 7) is 1.12. The van der Waals surface area contributed by atoms with E-state index in [4.69, 9.17) is 10.5 Å². The number of hydrogen-bond acceptors (Lipinski definition) is 6. The number of ether oxygens (including phenoxy) is 1. The van der Waals surface area contributed by atoms with Crippen LogP contribution in [0.1, 0.15) is 12.0 Å². The molecule has 1 aromatic carbocycles. The molecular weight excluding hydrogens is 337 g/mol. The molecule has 2 aromatic rings. The van der Waals surface area contributed by atoms with Crippen LogP contribution in [0, 0.1) is 5.82 Å². The quantitative estimate of drug-likeness (QED) is 0.868. The first-order valence-corrected chi connectivity index (χ1v) is 8.49. The standard InChI is InChI=1S/C18H20FN5O2/c1-23-15(25)11-26-14-10-24(17-21-9-13(19)16(20)22-17)8-7-18(14,23)12-5-3-2-4-6-12/h2-6,9,14H,7-8,10-11H2,1H3,(H2,20,21,22)/t14-,18+/m1/s1. The number of nitrogen functional groups attached to an aromatic ring is 1. The van der Waals surface area contributed by atoms with Crippen LogP contribution in [0.3, 0.4) is 0 Å². The average Bonchev–Trinajstić information content (AvgIpc) is 2.67. The minimum Gasteiger partial charge on any atom is -0.381 e. The van der Waals surface area contributed by atoms with Crippen LogP contribution in [0.25, 0.3) is 0 Å². The van der Waals surface area contributed by atoms with E-state index in [1.807, 2.05) is 42.3 Å². The van der Waals surface area contributed by atoms with E-state index in [0.717, 1.165) is 11.8 Å². The number of aromatic nitrogens is 2. The van der Waals surface area contributed by atoms with Gasteiger partial charge in [0.2, 0.25) is 11.9 Å². The van der Waals surface area contributed by atoms with Gasteiger partial charge in [0.1, 0.15) is 12.7 Å². The Kier molecular flexibility index (Phi) is 3.99. The third-order valence-corrected chi connectivity index (χ3v) is 5.38. The zero-order valence-electron chi connectivity index (χ0n) is 14.4. The number of rotatable bonds is 2. The van der Waals surface area contributed by atoms with Gasteiger partial charge in [-0.2, -0.15) is 4.98 Å². The first-order valence-electron chi connectivity index (χ1n) is 8.49. The van der Waals surface area contributed by atoms with Crippen LogP contribution in [-0.2, 0) is 15.1 Å². The maximum absolute atomic E-state index is 13.4. The van der Waals surface area contributed by atoms with Crippen molar-refractivity contribution >= 4 is 17.7 Å². The third kappa shape index (κ3) is 2.48. The van der Waals surface area contributed by atoms with Crippen molar-refractivity contribution in [1.82, 2.24) is 14.9 Å². The summed E-state index contributed by atoms with van der Waals surface area (Å²) in [5.74, 6) is -0.482. The number of nitrogens with two attached hydrogens (primary N) is 1. The Morgan fingerprint density at radius 2 is 2.12 bits per heavy atom. The van der Waals surface area contributed by atoms with E-state index < -0.39 is 11.4 Å². The van der Waals surface area contributed by atoms with Crippen LogP contribution in [0.15, 0.2) is 36.5 Å². The number of fused-ring (bicyclic) bond motifs is 1. The van der Waals surface area contributed by atoms with Crippen molar-refractivity contribution in [1.29, 1.82) is 0 Å². The fourth-order valence-electron chi connectivity index (χ4n) is 3.93. The van der Waals surface area contributed by atoms with Crippen molar-refractivity contribution in [3.05, 3.63) is 47.9 Å². The Bertz CT molecular complexity index is 834. The average molecular weight is 357 g/mol. The van der Waals surface area contributed by atoms with Crippen molar-refractivity contribution in [2.75, 3.05) is 37.4 Å². The minimum atomic E-state index is -0.636. The summed E-state index contributed by atoms with van der Waals surface area (Å²) < 4.78 is 19.3. The number of likely N-dealkylation sites (N-methyl/N-ethyl adjacent to an activating group) is 1. The molecule has 136 valence electrons. The molecule has 8 heteroatoms. The third-order valence-electron chi connectivity index (χ3n) is 5.38. The minimum absolute atomic E-state index is 0.0377. The van der Waals surface area contributed by atoms with Crippen molar-refractivity contribution in [3.8, 4) is 0 Å². The van der Waals surface area contributed by atoms with Gasteiger partial charge in [-0.1, -0.05) is 30.3 Å². The molecule has 2 N–H and O–H groups in total. The molecule has 2 aliphatic rings.